The first-order valence-electron chi connectivity index (χ1n) is 9.32. The van der Waals surface area contributed by atoms with Crippen LogP contribution in [0.2, 0.25) is 5.02 Å². The van der Waals surface area contributed by atoms with E-state index in [1.165, 1.54) is 10.5 Å². The molecular weight excluding hydrogens is 378 g/mol. The van der Waals surface area contributed by atoms with Crippen molar-refractivity contribution in [1.82, 2.24) is 5.43 Å². The topological polar surface area (TPSA) is 64.4 Å². The molecule has 6 nitrogen and oxygen atoms in total. The highest BCUT2D eigenvalue weighted by Crippen LogP contribution is 2.15. The minimum atomic E-state index is -0.307. The molecule has 0 aliphatic carbocycles. The summed E-state index contributed by atoms with van der Waals surface area (Å²) >= 11 is 5.84. The van der Waals surface area contributed by atoms with Crippen molar-refractivity contribution in [3.05, 3.63) is 65.2 Å². The number of carbonyl (C=O) groups excluding carboxylic acids is 1. The van der Waals surface area contributed by atoms with Gasteiger partial charge >= 0.3 is 0 Å². The van der Waals surface area contributed by atoms with Crippen molar-refractivity contribution in [2.24, 2.45) is 5.10 Å². The number of halogens is 1. The number of ether oxygens (including phenoxy) is 2. The van der Waals surface area contributed by atoms with Gasteiger partial charge in [0.1, 0.15) is 18.8 Å². The molecule has 1 amide bonds. The fourth-order valence-corrected chi connectivity index (χ4v) is 3.39. The number of benzene rings is 2. The van der Waals surface area contributed by atoms with Gasteiger partial charge in [0.05, 0.1) is 18.9 Å². The zero-order chi connectivity index (χ0) is 19.8. The third-order valence-electron chi connectivity index (χ3n) is 4.63. The van der Waals surface area contributed by atoms with E-state index in [9.17, 15) is 4.79 Å². The highest BCUT2D eigenvalue weighted by atomic mass is 35.5. The summed E-state index contributed by atoms with van der Waals surface area (Å²) in [6.07, 6.45) is 0. The van der Waals surface area contributed by atoms with Crippen LogP contribution in [-0.4, -0.2) is 44.5 Å². The molecule has 2 aromatic carbocycles. The number of hydrogen-bond acceptors (Lipinski definition) is 4. The van der Waals surface area contributed by atoms with E-state index in [1.807, 2.05) is 25.1 Å². The third kappa shape index (κ3) is 5.79. The maximum Gasteiger partial charge on any atom is 0.277 e. The second-order valence-corrected chi connectivity index (χ2v) is 7.08. The predicted octanol–water partition coefficient (Wildman–Crippen LogP) is 1.87. The zero-order valence-electron chi connectivity index (χ0n) is 15.9. The van der Waals surface area contributed by atoms with Gasteiger partial charge in [-0.1, -0.05) is 41.9 Å². The molecule has 0 unspecified atom stereocenters. The Morgan fingerprint density at radius 3 is 2.54 bits per heavy atom. The number of hydrogen-bond donors (Lipinski definition) is 2. The largest absolute Gasteiger partial charge is 0.484 e. The molecule has 1 saturated heterocycles. The van der Waals surface area contributed by atoms with Gasteiger partial charge in [0.15, 0.2) is 12.6 Å². The lowest BCUT2D eigenvalue weighted by Gasteiger charge is -2.31. The van der Waals surface area contributed by atoms with Gasteiger partial charge in [-0.15, -0.1) is 0 Å². The van der Waals surface area contributed by atoms with Crippen molar-refractivity contribution in [2.45, 2.75) is 13.0 Å². The Morgan fingerprint density at radius 1 is 1.18 bits per heavy atom. The van der Waals surface area contributed by atoms with Gasteiger partial charge in [-0.25, -0.2) is 5.43 Å². The van der Waals surface area contributed by atoms with Gasteiger partial charge in [0, 0.05) is 10.6 Å². The van der Waals surface area contributed by atoms with Crippen LogP contribution in [0.4, 0.5) is 0 Å². The number of carbonyl (C=O) groups is 1. The van der Waals surface area contributed by atoms with Gasteiger partial charge < -0.3 is 14.4 Å². The molecule has 1 atom stereocenters. The number of nitrogens with zero attached hydrogens (tertiary/aromatic N) is 1. The molecule has 7 heteroatoms. The minimum absolute atomic E-state index is 0.0718. The first kappa shape index (κ1) is 20.3. The van der Waals surface area contributed by atoms with Crippen LogP contribution in [-0.2, 0) is 9.53 Å². The molecule has 3 rings (SSSR count). The van der Waals surface area contributed by atoms with E-state index in [4.69, 9.17) is 21.1 Å². The van der Waals surface area contributed by atoms with E-state index in [0.29, 0.717) is 10.8 Å². The highest BCUT2D eigenvalue weighted by Gasteiger charge is 2.29. The Balaban J connectivity index is 1.62. The van der Waals surface area contributed by atoms with Gasteiger partial charge in [0.25, 0.3) is 5.91 Å². The standard InChI is InChI=1S/C21H24ClN3O3/c1-16(23-24-20(26)15-28-19-9-7-18(22)8-10-19)21(17-5-3-2-4-6-17)25-11-13-27-14-12-25/h2-10,21H,11-15H2,1H3,(H,24,26)/p+1/b23-16-/t21-/m0/s1. The average molecular weight is 403 g/mol. The highest BCUT2D eigenvalue weighted by molar-refractivity contribution is 6.30. The van der Waals surface area contributed by atoms with Gasteiger partial charge in [0.2, 0.25) is 0 Å². The van der Waals surface area contributed by atoms with Crippen LogP contribution in [0.15, 0.2) is 59.7 Å². The summed E-state index contributed by atoms with van der Waals surface area (Å²) in [6, 6.07) is 17.2. The summed E-state index contributed by atoms with van der Waals surface area (Å²) in [5.74, 6) is 0.276. The molecule has 0 aromatic heterocycles. The first-order chi connectivity index (χ1) is 13.6. The molecule has 1 aliphatic heterocycles. The molecule has 148 valence electrons. The average Bonchev–Trinajstić information content (AvgIpc) is 2.73. The third-order valence-corrected chi connectivity index (χ3v) is 4.89. The zero-order valence-corrected chi connectivity index (χ0v) is 16.6. The Kier molecular flexibility index (Phi) is 7.42. The quantitative estimate of drug-likeness (QED) is 0.549. The lowest BCUT2D eigenvalue weighted by atomic mass is 10.0. The summed E-state index contributed by atoms with van der Waals surface area (Å²) in [7, 11) is 0. The fraction of sp³-hybridized carbons (Fsp3) is 0.333. The van der Waals surface area contributed by atoms with E-state index in [1.54, 1.807) is 24.3 Å². The van der Waals surface area contributed by atoms with Crippen molar-refractivity contribution in [3.8, 4) is 5.75 Å². The van der Waals surface area contributed by atoms with Crippen molar-refractivity contribution >= 4 is 23.2 Å². The second-order valence-electron chi connectivity index (χ2n) is 6.65. The van der Waals surface area contributed by atoms with Crippen LogP contribution in [0.1, 0.15) is 18.5 Å². The Morgan fingerprint density at radius 2 is 1.86 bits per heavy atom. The Bertz CT molecular complexity index is 790. The smallest absolute Gasteiger partial charge is 0.277 e. The SMILES string of the molecule is C/C(=N/NC(=O)COc1ccc(Cl)cc1)[C@@H](c1ccccc1)[NH+]1CCOCC1. The molecule has 0 bridgehead atoms. The molecule has 2 N–H and O–H groups in total. The van der Waals surface area contributed by atoms with Gasteiger partial charge in [-0.3, -0.25) is 4.79 Å². The van der Waals surface area contributed by atoms with E-state index in [-0.39, 0.29) is 18.6 Å². The summed E-state index contributed by atoms with van der Waals surface area (Å²) < 4.78 is 10.9. The van der Waals surface area contributed by atoms with Crippen LogP contribution in [0, 0.1) is 0 Å². The molecule has 0 saturated carbocycles. The molecule has 2 aromatic rings. The summed E-state index contributed by atoms with van der Waals surface area (Å²) in [4.78, 5) is 13.5. The number of rotatable bonds is 7. The summed E-state index contributed by atoms with van der Waals surface area (Å²) in [5.41, 5.74) is 4.63. The van der Waals surface area contributed by atoms with Crippen LogP contribution < -0.4 is 15.1 Å². The monoisotopic (exact) mass is 402 g/mol. The van der Waals surface area contributed by atoms with Crippen molar-refractivity contribution in [3.63, 3.8) is 0 Å². The molecular formula is C21H25ClN3O3+. The maximum absolute atomic E-state index is 12.1. The normalized spacial score (nSPS) is 16.4. The van der Waals surface area contributed by atoms with E-state index in [2.05, 4.69) is 22.7 Å². The number of quaternary nitrogens is 1. The van der Waals surface area contributed by atoms with Crippen molar-refractivity contribution in [2.75, 3.05) is 32.9 Å². The lowest BCUT2D eigenvalue weighted by molar-refractivity contribution is -0.928. The molecule has 0 radical (unpaired) electrons. The van der Waals surface area contributed by atoms with Crippen LogP contribution >= 0.6 is 11.6 Å². The van der Waals surface area contributed by atoms with Crippen LogP contribution in [0.3, 0.4) is 0 Å². The van der Waals surface area contributed by atoms with E-state index < -0.39 is 0 Å². The molecule has 28 heavy (non-hydrogen) atoms. The van der Waals surface area contributed by atoms with E-state index >= 15 is 0 Å². The number of morpholine rings is 1. The number of amides is 1. The summed E-state index contributed by atoms with van der Waals surface area (Å²) in [6.45, 7) is 5.10. The summed E-state index contributed by atoms with van der Waals surface area (Å²) in [5, 5.41) is 4.98. The maximum atomic E-state index is 12.1. The van der Waals surface area contributed by atoms with Gasteiger partial charge in [-0.2, -0.15) is 5.10 Å². The van der Waals surface area contributed by atoms with Crippen LogP contribution in [0.5, 0.6) is 5.75 Å². The second kappa shape index (κ2) is 10.2. The van der Waals surface area contributed by atoms with Gasteiger partial charge in [-0.05, 0) is 31.2 Å². The number of hydrazone groups is 1. The Hall–Kier alpha value is -2.41. The lowest BCUT2D eigenvalue weighted by Crippen LogP contribution is -3.15. The van der Waals surface area contributed by atoms with Crippen molar-refractivity contribution < 1.29 is 19.2 Å². The number of nitrogens with one attached hydrogen (secondary N) is 2. The van der Waals surface area contributed by atoms with Crippen molar-refractivity contribution in [1.29, 1.82) is 0 Å². The van der Waals surface area contributed by atoms with E-state index in [0.717, 1.165) is 32.0 Å². The first-order valence-corrected chi connectivity index (χ1v) is 9.70. The molecule has 1 aliphatic rings. The Labute approximate surface area is 170 Å². The predicted molar refractivity (Wildman–Crippen MR) is 109 cm³/mol. The minimum Gasteiger partial charge on any atom is -0.484 e. The molecule has 1 heterocycles. The van der Waals surface area contributed by atoms with Crippen LogP contribution in [0.25, 0.3) is 0 Å². The fourth-order valence-electron chi connectivity index (χ4n) is 3.27. The molecule has 0 spiro atoms. The molecule has 1 fully saturated rings.